The zero-order valence-corrected chi connectivity index (χ0v) is 11.0. The van der Waals surface area contributed by atoms with Crippen LogP contribution in [0.1, 0.15) is 19.8 Å². The van der Waals surface area contributed by atoms with Crippen molar-refractivity contribution in [1.29, 1.82) is 0 Å². The van der Waals surface area contributed by atoms with Crippen LogP contribution in [0, 0.1) is 0 Å². The summed E-state index contributed by atoms with van der Waals surface area (Å²) in [4.78, 5) is 4.15. The summed E-state index contributed by atoms with van der Waals surface area (Å²) in [7, 11) is 0. The Labute approximate surface area is 106 Å². The van der Waals surface area contributed by atoms with Gasteiger partial charge in [-0.05, 0) is 28.6 Å². The topological polar surface area (TPSA) is 56.5 Å². The molecule has 5 nitrogen and oxygen atoms in total. The zero-order valence-electron chi connectivity index (χ0n) is 8.63. The molecule has 0 saturated carbocycles. The minimum absolute atomic E-state index is 0.676. The van der Waals surface area contributed by atoms with Gasteiger partial charge in [0.2, 0.25) is 5.16 Å². The van der Waals surface area contributed by atoms with Gasteiger partial charge in [-0.15, -0.1) is 5.10 Å². The number of halogens is 1. The summed E-state index contributed by atoms with van der Waals surface area (Å²) in [5.74, 6) is 0. The van der Waals surface area contributed by atoms with Gasteiger partial charge in [0.1, 0.15) is 4.34 Å². The van der Waals surface area contributed by atoms with Crippen LogP contribution in [0.2, 0.25) is 4.34 Å². The van der Waals surface area contributed by atoms with Gasteiger partial charge in [-0.2, -0.15) is 0 Å². The van der Waals surface area contributed by atoms with Gasteiger partial charge in [0, 0.05) is 6.54 Å². The van der Waals surface area contributed by atoms with E-state index >= 15 is 0 Å². The van der Waals surface area contributed by atoms with E-state index in [1.54, 1.807) is 10.9 Å². The predicted molar refractivity (Wildman–Crippen MR) is 64.0 cm³/mol. The second-order valence-electron chi connectivity index (χ2n) is 3.07. The molecule has 16 heavy (non-hydrogen) atoms. The highest BCUT2D eigenvalue weighted by Crippen LogP contribution is 2.31. The van der Waals surface area contributed by atoms with Crippen molar-refractivity contribution in [3.63, 3.8) is 0 Å². The summed E-state index contributed by atoms with van der Waals surface area (Å²) < 4.78 is 3.33. The lowest BCUT2D eigenvalue weighted by atomic mass is 10.3. The van der Waals surface area contributed by atoms with Crippen LogP contribution in [0.15, 0.2) is 15.7 Å². The molecule has 0 bridgehead atoms. The normalized spacial score (nSPS) is 10.9. The fourth-order valence-electron chi connectivity index (χ4n) is 1.08. The van der Waals surface area contributed by atoms with E-state index in [1.165, 1.54) is 23.1 Å². The molecule has 2 rings (SSSR count). The van der Waals surface area contributed by atoms with E-state index in [0.717, 1.165) is 28.9 Å². The van der Waals surface area contributed by atoms with Gasteiger partial charge in [0.05, 0.1) is 6.20 Å². The standard InChI is InChI=1S/C8H10ClN5S2/c1-2-3-4-14-7(11-12-13-14)16-8-10-5-6(9)15-8/h5H,2-4H2,1H3. The van der Waals surface area contributed by atoms with Crippen molar-refractivity contribution in [3.05, 3.63) is 10.5 Å². The highest BCUT2D eigenvalue weighted by molar-refractivity contribution is 8.00. The minimum Gasteiger partial charge on any atom is -0.236 e. The number of tetrazole rings is 1. The monoisotopic (exact) mass is 275 g/mol. The van der Waals surface area contributed by atoms with E-state index in [9.17, 15) is 0 Å². The molecule has 2 heterocycles. The van der Waals surface area contributed by atoms with E-state index in [0.29, 0.717) is 4.34 Å². The third-order valence-corrected chi connectivity index (χ3v) is 4.02. The molecule has 0 N–H and O–H groups in total. The van der Waals surface area contributed by atoms with Crippen molar-refractivity contribution >= 4 is 34.7 Å². The third-order valence-electron chi connectivity index (χ3n) is 1.86. The Hall–Kier alpha value is -0.660. The first kappa shape index (κ1) is 11.8. The molecule has 0 aliphatic heterocycles. The fourth-order valence-corrected chi connectivity index (χ4v) is 3.10. The lowest BCUT2D eigenvalue weighted by Gasteiger charge is -2.00. The minimum atomic E-state index is 0.676. The Morgan fingerprint density at radius 2 is 2.44 bits per heavy atom. The molecule has 0 saturated heterocycles. The number of thiazole rings is 1. The zero-order chi connectivity index (χ0) is 11.4. The van der Waals surface area contributed by atoms with Gasteiger partial charge in [0.25, 0.3) is 0 Å². The summed E-state index contributed by atoms with van der Waals surface area (Å²) in [6, 6.07) is 0. The number of rotatable bonds is 5. The maximum atomic E-state index is 5.81. The van der Waals surface area contributed by atoms with Crippen molar-refractivity contribution in [3.8, 4) is 0 Å². The van der Waals surface area contributed by atoms with Gasteiger partial charge in [-0.1, -0.05) is 36.3 Å². The van der Waals surface area contributed by atoms with E-state index in [-0.39, 0.29) is 0 Å². The fraction of sp³-hybridized carbons (Fsp3) is 0.500. The lowest BCUT2D eigenvalue weighted by molar-refractivity contribution is 0.518. The summed E-state index contributed by atoms with van der Waals surface area (Å²) in [6.45, 7) is 2.97. The molecule has 86 valence electrons. The molecule has 8 heteroatoms. The molecule has 0 spiro atoms. The van der Waals surface area contributed by atoms with E-state index < -0.39 is 0 Å². The van der Waals surface area contributed by atoms with Gasteiger partial charge < -0.3 is 0 Å². The Kier molecular flexibility index (Phi) is 4.14. The molecular weight excluding hydrogens is 266 g/mol. The van der Waals surface area contributed by atoms with Crippen LogP contribution in [0.25, 0.3) is 0 Å². The Morgan fingerprint density at radius 1 is 1.56 bits per heavy atom. The van der Waals surface area contributed by atoms with Crippen LogP contribution in [0.3, 0.4) is 0 Å². The van der Waals surface area contributed by atoms with Crippen LogP contribution in [-0.2, 0) is 6.54 Å². The molecule has 0 unspecified atom stereocenters. The van der Waals surface area contributed by atoms with Crippen molar-refractivity contribution in [1.82, 2.24) is 25.2 Å². The number of nitrogens with zero attached hydrogens (tertiary/aromatic N) is 5. The molecule has 0 aliphatic rings. The predicted octanol–water partition coefficient (Wildman–Crippen LogP) is 2.73. The van der Waals surface area contributed by atoms with Crippen LogP contribution >= 0.6 is 34.7 Å². The van der Waals surface area contributed by atoms with E-state index in [2.05, 4.69) is 27.4 Å². The third kappa shape index (κ3) is 2.93. The van der Waals surface area contributed by atoms with Gasteiger partial charge >= 0.3 is 0 Å². The molecule has 2 aromatic rings. The number of unbranched alkanes of at least 4 members (excludes halogenated alkanes) is 1. The van der Waals surface area contributed by atoms with Gasteiger partial charge in [0.15, 0.2) is 4.34 Å². The molecule has 2 aromatic heterocycles. The Balaban J connectivity index is 2.06. The first-order valence-corrected chi connectivity index (χ1v) is 6.86. The second-order valence-corrected chi connectivity index (χ2v) is 5.95. The largest absolute Gasteiger partial charge is 0.236 e. The number of aryl methyl sites for hydroxylation is 1. The second kappa shape index (κ2) is 5.60. The number of hydrogen-bond donors (Lipinski definition) is 0. The highest BCUT2D eigenvalue weighted by atomic mass is 35.5. The first-order valence-electron chi connectivity index (χ1n) is 4.85. The van der Waals surface area contributed by atoms with Crippen LogP contribution in [0.4, 0.5) is 0 Å². The number of aromatic nitrogens is 5. The van der Waals surface area contributed by atoms with Crippen LogP contribution in [0.5, 0.6) is 0 Å². The average molecular weight is 276 g/mol. The van der Waals surface area contributed by atoms with Crippen molar-refractivity contribution in [2.45, 2.75) is 35.8 Å². The maximum absolute atomic E-state index is 5.81. The Bertz CT molecular complexity index is 455. The first-order chi connectivity index (χ1) is 7.79. The van der Waals surface area contributed by atoms with Crippen molar-refractivity contribution in [2.75, 3.05) is 0 Å². The summed E-state index contributed by atoms with van der Waals surface area (Å²) >= 11 is 8.68. The molecule has 0 amide bonds. The van der Waals surface area contributed by atoms with Crippen molar-refractivity contribution in [2.24, 2.45) is 0 Å². The van der Waals surface area contributed by atoms with Gasteiger partial charge in [-0.3, -0.25) is 0 Å². The Morgan fingerprint density at radius 3 is 3.12 bits per heavy atom. The molecule has 0 fully saturated rings. The number of hydrogen-bond acceptors (Lipinski definition) is 6. The highest BCUT2D eigenvalue weighted by Gasteiger charge is 2.10. The molecule has 0 radical (unpaired) electrons. The molecule has 0 aromatic carbocycles. The molecule has 0 atom stereocenters. The average Bonchev–Trinajstić information content (AvgIpc) is 2.86. The van der Waals surface area contributed by atoms with Crippen LogP contribution < -0.4 is 0 Å². The van der Waals surface area contributed by atoms with Crippen LogP contribution in [-0.4, -0.2) is 25.2 Å². The van der Waals surface area contributed by atoms with E-state index in [4.69, 9.17) is 11.6 Å². The summed E-state index contributed by atoms with van der Waals surface area (Å²) in [6.07, 6.45) is 3.82. The summed E-state index contributed by atoms with van der Waals surface area (Å²) in [5, 5.41) is 12.3. The summed E-state index contributed by atoms with van der Waals surface area (Å²) in [5.41, 5.74) is 0. The maximum Gasteiger partial charge on any atom is 0.216 e. The van der Waals surface area contributed by atoms with Crippen molar-refractivity contribution < 1.29 is 0 Å². The lowest BCUT2D eigenvalue weighted by Crippen LogP contribution is -2.01. The van der Waals surface area contributed by atoms with Gasteiger partial charge in [-0.25, -0.2) is 9.67 Å². The molecular formula is C8H10ClN5S2. The SMILES string of the molecule is CCCCn1nnnc1Sc1ncc(Cl)s1. The smallest absolute Gasteiger partial charge is 0.216 e. The van der Waals surface area contributed by atoms with E-state index in [1.807, 2.05) is 0 Å². The molecule has 0 aliphatic carbocycles. The quantitative estimate of drug-likeness (QED) is 0.840.